The van der Waals surface area contributed by atoms with E-state index in [0.717, 1.165) is 0 Å². The molecule has 0 spiro atoms. The molecule has 3 N–H and O–H groups in total. The van der Waals surface area contributed by atoms with E-state index in [2.05, 4.69) is 5.32 Å². The number of carbonyl (C=O) groups excluding carboxylic acids is 1. The van der Waals surface area contributed by atoms with Gasteiger partial charge in [0.1, 0.15) is 22.9 Å². The SMILES string of the molecule is CC(C)CC(O)CNC(=O)c1c(O)cc(F)cc1F. The van der Waals surface area contributed by atoms with Crippen LogP contribution in [0.3, 0.4) is 0 Å². The lowest BCUT2D eigenvalue weighted by Gasteiger charge is -2.14. The number of aliphatic hydroxyl groups excluding tert-OH is 1. The average Bonchev–Trinajstić information content (AvgIpc) is 2.23. The minimum absolute atomic E-state index is 0.0622. The molecule has 0 aromatic heterocycles. The molecule has 1 aromatic rings. The maximum Gasteiger partial charge on any atom is 0.258 e. The topological polar surface area (TPSA) is 69.6 Å². The molecule has 1 aromatic carbocycles. The van der Waals surface area contributed by atoms with Crippen LogP contribution >= 0.6 is 0 Å². The number of hydrogen-bond acceptors (Lipinski definition) is 3. The van der Waals surface area contributed by atoms with Crippen molar-refractivity contribution in [3.8, 4) is 5.75 Å². The second kappa shape index (κ2) is 6.47. The Kier molecular flexibility index (Phi) is 5.23. The predicted octanol–water partition coefficient (Wildman–Crippen LogP) is 1.81. The van der Waals surface area contributed by atoms with Gasteiger partial charge in [0.05, 0.1) is 6.10 Å². The van der Waals surface area contributed by atoms with E-state index in [1.54, 1.807) is 0 Å². The number of carbonyl (C=O) groups is 1. The highest BCUT2D eigenvalue weighted by atomic mass is 19.1. The maximum absolute atomic E-state index is 13.4. The molecule has 1 amide bonds. The van der Waals surface area contributed by atoms with Gasteiger partial charge in [0.15, 0.2) is 0 Å². The predicted molar refractivity (Wildman–Crippen MR) is 65.8 cm³/mol. The largest absolute Gasteiger partial charge is 0.507 e. The van der Waals surface area contributed by atoms with E-state index < -0.39 is 35.0 Å². The molecular formula is C13H17F2NO3. The zero-order valence-corrected chi connectivity index (χ0v) is 10.8. The average molecular weight is 273 g/mol. The summed E-state index contributed by atoms with van der Waals surface area (Å²) < 4.78 is 26.1. The monoisotopic (exact) mass is 273 g/mol. The van der Waals surface area contributed by atoms with Gasteiger partial charge < -0.3 is 15.5 Å². The Morgan fingerprint density at radius 2 is 2.00 bits per heavy atom. The summed E-state index contributed by atoms with van der Waals surface area (Å²) in [5, 5.41) is 21.2. The number of nitrogens with one attached hydrogen (secondary N) is 1. The first-order chi connectivity index (χ1) is 8.81. The summed E-state index contributed by atoms with van der Waals surface area (Å²) in [6.07, 6.45) is -0.271. The van der Waals surface area contributed by atoms with Crippen molar-refractivity contribution in [2.24, 2.45) is 5.92 Å². The Hall–Kier alpha value is -1.69. The van der Waals surface area contributed by atoms with Crippen LogP contribution in [0.25, 0.3) is 0 Å². The maximum atomic E-state index is 13.4. The van der Waals surface area contributed by atoms with Crippen LogP contribution in [0.4, 0.5) is 8.78 Å². The van der Waals surface area contributed by atoms with Crippen LogP contribution in [0.15, 0.2) is 12.1 Å². The Morgan fingerprint density at radius 3 is 2.53 bits per heavy atom. The van der Waals surface area contributed by atoms with Gasteiger partial charge in [-0.1, -0.05) is 13.8 Å². The lowest BCUT2D eigenvalue weighted by molar-refractivity contribution is 0.0893. The fourth-order valence-corrected chi connectivity index (χ4v) is 1.71. The fourth-order valence-electron chi connectivity index (χ4n) is 1.71. The Labute approximate surface area is 110 Å². The third-order valence-electron chi connectivity index (χ3n) is 2.50. The minimum Gasteiger partial charge on any atom is -0.507 e. The van der Waals surface area contributed by atoms with Crippen molar-refractivity contribution in [3.63, 3.8) is 0 Å². The molecule has 0 aliphatic rings. The van der Waals surface area contributed by atoms with Crippen molar-refractivity contribution in [2.75, 3.05) is 6.54 Å². The van der Waals surface area contributed by atoms with Crippen LogP contribution in [0.5, 0.6) is 5.75 Å². The lowest BCUT2D eigenvalue weighted by Crippen LogP contribution is -2.33. The van der Waals surface area contributed by atoms with E-state index >= 15 is 0 Å². The summed E-state index contributed by atoms with van der Waals surface area (Å²) in [6.45, 7) is 3.76. The van der Waals surface area contributed by atoms with Crippen LogP contribution in [0.2, 0.25) is 0 Å². The van der Waals surface area contributed by atoms with Crippen molar-refractivity contribution < 1.29 is 23.8 Å². The van der Waals surface area contributed by atoms with E-state index in [0.29, 0.717) is 18.6 Å². The highest BCUT2D eigenvalue weighted by molar-refractivity contribution is 5.97. The van der Waals surface area contributed by atoms with Crippen molar-refractivity contribution in [2.45, 2.75) is 26.4 Å². The smallest absolute Gasteiger partial charge is 0.258 e. The second-order valence-corrected chi connectivity index (χ2v) is 4.78. The number of phenols is 1. The van der Waals surface area contributed by atoms with Gasteiger partial charge in [-0.25, -0.2) is 8.78 Å². The van der Waals surface area contributed by atoms with Crippen molar-refractivity contribution in [3.05, 3.63) is 29.3 Å². The van der Waals surface area contributed by atoms with Gasteiger partial charge in [0, 0.05) is 18.7 Å². The quantitative estimate of drug-likeness (QED) is 0.766. The van der Waals surface area contributed by atoms with Gasteiger partial charge in [-0.15, -0.1) is 0 Å². The molecule has 19 heavy (non-hydrogen) atoms. The van der Waals surface area contributed by atoms with E-state index in [4.69, 9.17) is 0 Å². The molecule has 0 bridgehead atoms. The number of aromatic hydroxyl groups is 1. The van der Waals surface area contributed by atoms with Gasteiger partial charge in [-0.05, 0) is 12.3 Å². The van der Waals surface area contributed by atoms with Gasteiger partial charge >= 0.3 is 0 Å². The molecule has 0 aliphatic heterocycles. The van der Waals surface area contributed by atoms with Crippen molar-refractivity contribution >= 4 is 5.91 Å². The van der Waals surface area contributed by atoms with Crippen LogP contribution in [0, 0.1) is 17.6 Å². The second-order valence-electron chi connectivity index (χ2n) is 4.78. The summed E-state index contributed by atoms with van der Waals surface area (Å²) in [4.78, 5) is 11.6. The van der Waals surface area contributed by atoms with E-state index in [1.807, 2.05) is 13.8 Å². The summed E-state index contributed by atoms with van der Waals surface area (Å²) in [5.74, 6) is -3.52. The van der Waals surface area contributed by atoms with Gasteiger partial charge in [-0.3, -0.25) is 4.79 Å². The third kappa shape index (κ3) is 4.48. The number of aliphatic hydroxyl groups is 1. The summed E-state index contributed by atoms with van der Waals surface area (Å²) >= 11 is 0. The Balaban J connectivity index is 2.69. The first kappa shape index (κ1) is 15.4. The zero-order valence-electron chi connectivity index (χ0n) is 10.8. The molecule has 0 aliphatic carbocycles. The molecule has 0 fully saturated rings. The zero-order chi connectivity index (χ0) is 14.6. The van der Waals surface area contributed by atoms with Gasteiger partial charge in [0.2, 0.25) is 0 Å². The Bertz CT molecular complexity index is 440. The molecule has 0 heterocycles. The number of phenolic OH excluding ortho intramolecular Hbond substituents is 1. The van der Waals surface area contributed by atoms with Gasteiger partial charge in [0.25, 0.3) is 5.91 Å². The number of hydrogen-bond donors (Lipinski definition) is 3. The molecule has 106 valence electrons. The highest BCUT2D eigenvalue weighted by Crippen LogP contribution is 2.21. The van der Waals surface area contributed by atoms with Crippen LogP contribution in [-0.4, -0.2) is 28.8 Å². The standard InChI is InChI=1S/C13H17F2NO3/c1-7(2)3-9(17)6-16-13(19)12-10(15)4-8(14)5-11(12)18/h4-5,7,9,17-18H,3,6H2,1-2H3,(H,16,19). The van der Waals surface area contributed by atoms with Crippen molar-refractivity contribution in [1.82, 2.24) is 5.32 Å². The fraction of sp³-hybridized carbons (Fsp3) is 0.462. The first-order valence-corrected chi connectivity index (χ1v) is 5.95. The lowest BCUT2D eigenvalue weighted by atomic mass is 10.1. The molecule has 4 nitrogen and oxygen atoms in total. The number of benzene rings is 1. The molecule has 1 atom stereocenters. The van der Waals surface area contributed by atoms with Gasteiger partial charge in [-0.2, -0.15) is 0 Å². The van der Waals surface area contributed by atoms with E-state index in [1.165, 1.54) is 0 Å². The minimum atomic E-state index is -1.15. The molecular weight excluding hydrogens is 256 g/mol. The van der Waals surface area contributed by atoms with E-state index in [9.17, 15) is 23.8 Å². The molecule has 6 heteroatoms. The number of halogens is 2. The first-order valence-electron chi connectivity index (χ1n) is 5.95. The molecule has 1 unspecified atom stereocenters. The summed E-state index contributed by atoms with van der Waals surface area (Å²) in [7, 11) is 0. The molecule has 0 saturated heterocycles. The normalized spacial score (nSPS) is 12.5. The van der Waals surface area contributed by atoms with Crippen molar-refractivity contribution in [1.29, 1.82) is 0 Å². The van der Waals surface area contributed by atoms with Crippen LogP contribution < -0.4 is 5.32 Å². The number of rotatable bonds is 5. The molecule has 1 rings (SSSR count). The van der Waals surface area contributed by atoms with Crippen LogP contribution in [0.1, 0.15) is 30.6 Å². The molecule has 0 radical (unpaired) electrons. The third-order valence-corrected chi connectivity index (χ3v) is 2.50. The highest BCUT2D eigenvalue weighted by Gasteiger charge is 2.19. The summed E-state index contributed by atoms with van der Waals surface area (Å²) in [6, 6.07) is 1.17. The van der Waals surface area contributed by atoms with Crippen LogP contribution in [-0.2, 0) is 0 Å². The number of amides is 1. The van der Waals surface area contributed by atoms with E-state index in [-0.39, 0.29) is 12.5 Å². The Morgan fingerprint density at radius 1 is 1.37 bits per heavy atom. The molecule has 0 saturated carbocycles. The summed E-state index contributed by atoms with van der Waals surface area (Å²) in [5.41, 5.74) is -0.627.